The van der Waals surface area contributed by atoms with Crippen molar-refractivity contribution in [3.8, 4) is 0 Å². The number of ketones is 1. The molecule has 0 aromatic carbocycles. The van der Waals surface area contributed by atoms with E-state index in [0.29, 0.717) is 0 Å². The van der Waals surface area contributed by atoms with Crippen LogP contribution in [0.25, 0.3) is 0 Å². The van der Waals surface area contributed by atoms with Gasteiger partial charge in [-0.1, -0.05) is 0 Å². The van der Waals surface area contributed by atoms with E-state index in [-0.39, 0.29) is 12.2 Å². The summed E-state index contributed by atoms with van der Waals surface area (Å²) in [5.41, 5.74) is 8.72. The van der Waals surface area contributed by atoms with Crippen molar-refractivity contribution in [2.75, 3.05) is 0 Å². The molecule has 4 nitrogen and oxygen atoms in total. The van der Waals surface area contributed by atoms with Gasteiger partial charge < -0.3 is 16.6 Å². The second-order valence-corrected chi connectivity index (χ2v) is 2.11. The van der Waals surface area contributed by atoms with Gasteiger partial charge in [0, 0.05) is 0 Å². The van der Waals surface area contributed by atoms with Crippen LogP contribution in [0.3, 0.4) is 0 Å². The first-order chi connectivity index (χ1) is 3.54. The molecule has 0 heterocycles. The molecule has 5 N–H and O–H groups in total. The lowest BCUT2D eigenvalue weighted by molar-refractivity contribution is -0.145. The Hall–Kier alpha value is -0.450. The average Bonchev–Trinajstić information content (AvgIpc) is 1.65. The maximum atomic E-state index is 10.3. The maximum Gasteiger partial charge on any atom is 0.158 e. The van der Waals surface area contributed by atoms with E-state index in [4.69, 9.17) is 16.6 Å². The third kappa shape index (κ3) is 0.543. The molecule has 2 unspecified atom stereocenters. The molecule has 0 bridgehead atoms. The molecule has 0 spiro atoms. The summed E-state index contributed by atoms with van der Waals surface area (Å²) in [6, 6.07) is -0.859. The summed E-state index contributed by atoms with van der Waals surface area (Å²) in [4.78, 5) is 10.3. The number of carbonyl (C=O) groups excluding carboxylic acids is 1. The van der Waals surface area contributed by atoms with E-state index >= 15 is 0 Å². The van der Waals surface area contributed by atoms with E-state index in [1.165, 1.54) is 0 Å². The molecule has 2 atom stereocenters. The quantitative estimate of drug-likeness (QED) is 0.317. The number of Topliss-reactive ketones (excluding diaryl/α,β-unsaturated/α-hetero) is 1. The van der Waals surface area contributed by atoms with E-state index in [1.54, 1.807) is 0 Å². The summed E-state index contributed by atoms with van der Waals surface area (Å²) in [7, 11) is 0. The van der Waals surface area contributed by atoms with Gasteiger partial charge in [0.2, 0.25) is 0 Å². The first-order valence-electron chi connectivity index (χ1n) is 2.33. The zero-order chi connectivity index (χ0) is 6.36. The Bertz CT molecular complexity index is 132. The Morgan fingerprint density at radius 1 is 1.88 bits per heavy atom. The highest BCUT2D eigenvalue weighted by atomic mass is 16.3. The zero-order valence-electron chi connectivity index (χ0n) is 4.29. The van der Waals surface area contributed by atoms with E-state index in [9.17, 15) is 4.79 Å². The molecule has 46 valence electrons. The zero-order valence-corrected chi connectivity index (χ0v) is 4.29. The van der Waals surface area contributed by atoms with Crippen molar-refractivity contribution in [3.05, 3.63) is 0 Å². The molecule has 8 heavy (non-hydrogen) atoms. The molecular weight excluding hydrogens is 108 g/mol. The molecule has 0 aromatic heterocycles. The lowest BCUT2D eigenvalue weighted by Gasteiger charge is -2.37. The van der Waals surface area contributed by atoms with Gasteiger partial charge in [-0.25, -0.2) is 0 Å². The summed E-state index contributed by atoms with van der Waals surface area (Å²) in [6.45, 7) is 0. The SMILES string of the molecule is NC1C(=O)CC1(N)O. The summed E-state index contributed by atoms with van der Waals surface area (Å²) in [5.74, 6) is -0.171. The number of hydrogen-bond acceptors (Lipinski definition) is 4. The van der Waals surface area contributed by atoms with Crippen LogP contribution in [0.2, 0.25) is 0 Å². The molecule has 1 rings (SSSR count). The van der Waals surface area contributed by atoms with E-state index in [2.05, 4.69) is 0 Å². The summed E-state index contributed by atoms with van der Waals surface area (Å²) in [6.07, 6.45) is -0.00579. The fraction of sp³-hybridized carbons (Fsp3) is 0.750. The standard InChI is InChI=1S/C4H8N2O2/c5-3-2(7)1-4(3,6)8/h3,8H,1,5-6H2. The lowest BCUT2D eigenvalue weighted by atomic mass is 9.82. The molecule has 1 fully saturated rings. The molecule has 1 saturated carbocycles. The van der Waals surface area contributed by atoms with Crippen LogP contribution in [0.15, 0.2) is 0 Å². The first-order valence-corrected chi connectivity index (χ1v) is 2.33. The lowest BCUT2D eigenvalue weighted by Crippen LogP contribution is -2.69. The van der Waals surface area contributed by atoms with Gasteiger partial charge in [-0.15, -0.1) is 0 Å². The van der Waals surface area contributed by atoms with Crippen LogP contribution in [0, 0.1) is 0 Å². The molecule has 0 aliphatic heterocycles. The van der Waals surface area contributed by atoms with Gasteiger partial charge >= 0.3 is 0 Å². The van der Waals surface area contributed by atoms with Crippen LogP contribution < -0.4 is 11.5 Å². The van der Waals surface area contributed by atoms with Gasteiger partial charge in [0.05, 0.1) is 6.42 Å². The largest absolute Gasteiger partial charge is 0.373 e. The Labute approximate surface area is 46.5 Å². The highest BCUT2D eigenvalue weighted by molar-refractivity contribution is 5.92. The van der Waals surface area contributed by atoms with Crippen LogP contribution in [0.4, 0.5) is 0 Å². The smallest absolute Gasteiger partial charge is 0.158 e. The van der Waals surface area contributed by atoms with Gasteiger partial charge in [0.15, 0.2) is 5.78 Å². The van der Waals surface area contributed by atoms with Crippen molar-refractivity contribution in [1.82, 2.24) is 0 Å². The second-order valence-electron chi connectivity index (χ2n) is 2.11. The topological polar surface area (TPSA) is 89.3 Å². The minimum absolute atomic E-state index is 0.00579. The number of nitrogens with two attached hydrogens (primary N) is 2. The number of hydrogen-bond donors (Lipinski definition) is 3. The van der Waals surface area contributed by atoms with Gasteiger partial charge in [-0.05, 0) is 0 Å². The van der Waals surface area contributed by atoms with Crippen LogP contribution in [0.1, 0.15) is 6.42 Å². The molecule has 0 amide bonds. The minimum Gasteiger partial charge on any atom is -0.373 e. The van der Waals surface area contributed by atoms with Crippen molar-refractivity contribution in [1.29, 1.82) is 0 Å². The molecule has 0 saturated heterocycles. The number of carbonyl (C=O) groups is 1. The summed E-state index contributed by atoms with van der Waals surface area (Å²) >= 11 is 0. The third-order valence-corrected chi connectivity index (χ3v) is 1.34. The van der Waals surface area contributed by atoms with Crippen molar-refractivity contribution >= 4 is 5.78 Å². The van der Waals surface area contributed by atoms with Crippen molar-refractivity contribution in [2.45, 2.75) is 18.2 Å². The summed E-state index contributed by atoms with van der Waals surface area (Å²) in [5, 5.41) is 8.78. The predicted molar refractivity (Wildman–Crippen MR) is 26.7 cm³/mol. The number of aliphatic hydroxyl groups is 1. The van der Waals surface area contributed by atoms with Gasteiger partial charge in [-0.3, -0.25) is 4.79 Å². The third-order valence-electron chi connectivity index (χ3n) is 1.34. The first kappa shape index (κ1) is 5.68. The van der Waals surface area contributed by atoms with Crippen LogP contribution in [0.5, 0.6) is 0 Å². The molecule has 4 heteroatoms. The second kappa shape index (κ2) is 1.28. The van der Waals surface area contributed by atoms with E-state index in [1.807, 2.05) is 0 Å². The Kier molecular flexibility index (Phi) is 0.910. The highest BCUT2D eigenvalue weighted by Crippen LogP contribution is 2.20. The average molecular weight is 116 g/mol. The monoisotopic (exact) mass is 116 g/mol. The predicted octanol–water partition coefficient (Wildman–Crippen LogP) is -2.07. The highest BCUT2D eigenvalue weighted by Gasteiger charge is 2.47. The van der Waals surface area contributed by atoms with Gasteiger partial charge in [-0.2, -0.15) is 0 Å². The van der Waals surface area contributed by atoms with E-state index < -0.39 is 11.8 Å². The van der Waals surface area contributed by atoms with Crippen molar-refractivity contribution in [3.63, 3.8) is 0 Å². The normalized spacial score (nSPS) is 46.4. The van der Waals surface area contributed by atoms with Crippen molar-refractivity contribution in [2.24, 2.45) is 11.5 Å². The van der Waals surface area contributed by atoms with Gasteiger partial charge in [0.25, 0.3) is 0 Å². The molecule has 1 aliphatic rings. The molecule has 1 aliphatic carbocycles. The molecule has 0 aromatic rings. The minimum atomic E-state index is -1.42. The van der Waals surface area contributed by atoms with Crippen LogP contribution in [-0.2, 0) is 4.79 Å². The van der Waals surface area contributed by atoms with Crippen LogP contribution in [-0.4, -0.2) is 22.7 Å². The Morgan fingerprint density at radius 2 is 2.38 bits per heavy atom. The Balaban J connectivity index is 2.60. The van der Waals surface area contributed by atoms with Gasteiger partial charge in [0.1, 0.15) is 11.8 Å². The van der Waals surface area contributed by atoms with Crippen molar-refractivity contribution < 1.29 is 9.90 Å². The van der Waals surface area contributed by atoms with E-state index in [0.717, 1.165) is 0 Å². The Morgan fingerprint density at radius 3 is 2.38 bits per heavy atom. The number of rotatable bonds is 0. The fourth-order valence-electron chi connectivity index (χ4n) is 0.647. The maximum absolute atomic E-state index is 10.3. The van der Waals surface area contributed by atoms with Crippen LogP contribution >= 0.6 is 0 Å². The molecule has 0 radical (unpaired) electrons. The summed E-state index contributed by atoms with van der Waals surface area (Å²) < 4.78 is 0. The molecular formula is C4H8N2O2. The fourth-order valence-corrected chi connectivity index (χ4v) is 0.647.